The smallest absolute Gasteiger partial charge is 0.239 e. The van der Waals surface area contributed by atoms with Crippen molar-refractivity contribution in [3.8, 4) is 0 Å². The third-order valence-electron chi connectivity index (χ3n) is 4.25. The summed E-state index contributed by atoms with van der Waals surface area (Å²) in [5.41, 5.74) is 7.52. The maximum absolute atomic E-state index is 11.6. The van der Waals surface area contributed by atoms with E-state index in [1.165, 1.54) is 44.3 Å². The van der Waals surface area contributed by atoms with Gasteiger partial charge >= 0.3 is 0 Å². The molecule has 0 spiro atoms. The zero-order valence-corrected chi connectivity index (χ0v) is 16.7. The molecule has 1 aromatic carbocycles. The Hall–Kier alpha value is -1.34. The molecule has 6 nitrogen and oxygen atoms in total. The Bertz CT molecular complexity index is 532. The second kappa shape index (κ2) is 13.8. The van der Waals surface area contributed by atoms with Crippen LogP contribution in [-0.2, 0) is 22.7 Å². The first-order valence-electron chi connectivity index (χ1n) is 8.71. The van der Waals surface area contributed by atoms with Gasteiger partial charge in [-0.2, -0.15) is 0 Å². The minimum absolute atomic E-state index is 0. The molecule has 1 aromatic rings. The molecule has 1 heterocycles. The van der Waals surface area contributed by atoms with Gasteiger partial charge in [0.2, 0.25) is 11.8 Å². The van der Waals surface area contributed by atoms with Gasteiger partial charge in [-0.3, -0.25) is 14.5 Å². The highest BCUT2D eigenvalue weighted by molar-refractivity contribution is 5.86. The average molecular weight is 405 g/mol. The summed E-state index contributed by atoms with van der Waals surface area (Å²) in [6.45, 7) is 3.69. The second-order valence-electron chi connectivity index (χ2n) is 6.26. The zero-order valence-electron chi connectivity index (χ0n) is 15.0. The minimum atomic E-state index is -0.331. The second-order valence-corrected chi connectivity index (χ2v) is 6.26. The van der Waals surface area contributed by atoms with Crippen molar-refractivity contribution in [2.75, 3.05) is 26.2 Å². The van der Waals surface area contributed by atoms with E-state index in [4.69, 9.17) is 5.73 Å². The first kappa shape index (κ1) is 24.7. The molecule has 2 amide bonds. The topological polar surface area (TPSA) is 87.5 Å². The Balaban J connectivity index is 0.00000312. The van der Waals surface area contributed by atoms with Crippen molar-refractivity contribution >= 4 is 36.6 Å². The van der Waals surface area contributed by atoms with Gasteiger partial charge < -0.3 is 16.4 Å². The highest BCUT2D eigenvalue weighted by Gasteiger charge is 2.09. The number of hydrogen-bond acceptors (Lipinski definition) is 4. The quantitative estimate of drug-likeness (QED) is 0.643. The third kappa shape index (κ3) is 9.38. The number of nitrogens with zero attached hydrogens (tertiary/aromatic N) is 1. The van der Waals surface area contributed by atoms with E-state index in [1.54, 1.807) is 0 Å². The fraction of sp³-hybridized carbons (Fsp3) is 0.556. The standard InChI is InChI=1S/C18H28N4O2.2ClH/c19-11-17(23)21-13-18(24)20-12-15-5-7-16(8-6-15)14-22-9-3-1-2-4-10-22;;/h5-8H,1-4,9-14,19H2,(H,20,24)(H,21,23);2*1H. The number of halogens is 2. The fourth-order valence-corrected chi connectivity index (χ4v) is 2.83. The Morgan fingerprint density at radius 2 is 1.46 bits per heavy atom. The molecule has 0 aliphatic carbocycles. The van der Waals surface area contributed by atoms with Crippen LogP contribution in [0.5, 0.6) is 0 Å². The van der Waals surface area contributed by atoms with E-state index in [-0.39, 0.29) is 49.7 Å². The average Bonchev–Trinajstić information content (AvgIpc) is 2.87. The zero-order chi connectivity index (χ0) is 17.2. The van der Waals surface area contributed by atoms with Crippen molar-refractivity contribution in [2.45, 2.75) is 38.8 Å². The maximum atomic E-state index is 11.6. The maximum Gasteiger partial charge on any atom is 0.239 e. The van der Waals surface area contributed by atoms with Crippen LogP contribution in [0.3, 0.4) is 0 Å². The van der Waals surface area contributed by atoms with Crippen LogP contribution >= 0.6 is 24.8 Å². The third-order valence-corrected chi connectivity index (χ3v) is 4.25. The number of benzene rings is 1. The van der Waals surface area contributed by atoms with Crippen molar-refractivity contribution in [1.29, 1.82) is 0 Å². The molecular formula is C18H30Cl2N4O2. The van der Waals surface area contributed by atoms with E-state index in [0.29, 0.717) is 6.54 Å². The van der Waals surface area contributed by atoms with Crippen molar-refractivity contribution in [1.82, 2.24) is 15.5 Å². The van der Waals surface area contributed by atoms with Crippen LogP contribution in [0.4, 0.5) is 0 Å². The number of likely N-dealkylation sites (tertiary alicyclic amines) is 1. The Labute approximate surface area is 168 Å². The van der Waals surface area contributed by atoms with Gasteiger partial charge in [0.1, 0.15) is 0 Å². The Kier molecular flexibility index (Phi) is 13.1. The van der Waals surface area contributed by atoms with Crippen LogP contribution in [0.2, 0.25) is 0 Å². The molecule has 0 saturated carbocycles. The Morgan fingerprint density at radius 3 is 2.04 bits per heavy atom. The molecule has 1 fully saturated rings. The predicted octanol–water partition coefficient (Wildman–Crippen LogP) is 1.60. The highest BCUT2D eigenvalue weighted by atomic mass is 35.5. The SMILES string of the molecule is Cl.Cl.NCC(=O)NCC(=O)NCc1ccc(CN2CCCCCC2)cc1. The van der Waals surface area contributed by atoms with Crippen molar-refractivity contribution in [3.05, 3.63) is 35.4 Å². The molecule has 0 atom stereocenters. The van der Waals surface area contributed by atoms with Crippen molar-refractivity contribution in [3.63, 3.8) is 0 Å². The summed E-state index contributed by atoms with van der Waals surface area (Å²) in [6.07, 6.45) is 5.29. The van der Waals surface area contributed by atoms with Crippen LogP contribution in [0.1, 0.15) is 36.8 Å². The normalized spacial score (nSPS) is 14.3. The fourth-order valence-electron chi connectivity index (χ4n) is 2.83. The van der Waals surface area contributed by atoms with Gasteiger partial charge in [0.15, 0.2) is 0 Å². The molecule has 1 aliphatic heterocycles. The van der Waals surface area contributed by atoms with Gasteiger partial charge in [-0.15, -0.1) is 24.8 Å². The molecular weight excluding hydrogens is 375 g/mol. The number of carbonyl (C=O) groups is 2. The molecule has 4 N–H and O–H groups in total. The lowest BCUT2D eigenvalue weighted by atomic mass is 10.1. The molecule has 26 heavy (non-hydrogen) atoms. The van der Waals surface area contributed by atoms with Crippen LogP contribution in [0.25, 0.3) is 0 Å². The molecule has 0 aromatic heterocycles. The largest absolute Gasteiger partial charge is 0.350 e. The van der Waals surface area contributed by atoms with Crippen molar-refractivity contribution in [2.24, 2.45) is 5.73 Å². The lowest BCUT2D eigenvalue weighted by Crippen LogP contribution is -2.39. The summed E-state index contributed by atoms with van der Waals surface area (Å²) in [6, 6.07) is 8.35. The summed E-state index contributed by atoms with van der Waals surface area (Å²) < 4.78 is 0. The number of nitrogens with one attached hydrogen (secondary N) is 2. The molecule has 8 heteroatoms. The molecule has 0 bridgehead atoms. The summed E-state index contributed by atoms with van der Waals surface area (Å²) in [7, 11) is 0. The summed E-state index contributed by atoms with van der Waals surface area (Å²) in [4.78, 5) is 25.1. The van der Waals surface area contributed by atoms with Gasteiger partial charge in [0.05, 0.1) is 13.1 Å². The number of hydrogen-bond donors (Lipinski definition) is 3. The Morgan fingerprint density at radius 1 is 0.885 bits per heavy atom. The summed E-state index contributed by atoms with van der Waals surface area (Å²) >= 11 is 0. The molecule has 2 rings (SSSR count). The first-order chi connectivity index (χ1) is 11.7. The lowest BCUT2D eigenvalue weighted by Gasteiger charge is -2.19. The van der Waals surface area contributed by atoms with Crippen LogP contribution in [0.15, 0.2) is 24.3 Å². The van der Waals surface area contributed by atoms with Gasteiger partial charge in [-0.05, 0) is 37.1 Å². The molecule has 1 saturated heterocycles. The van der Waals surface area contributed by atoms with E-state index in [2.05, 4.69) is 27.7 Å². The van der Waals surface area contributed by atoms with Gasteiger partial charge in [-0.1, -0.05) is 37.1 Å². The summed E-state index contributed by atoms with van der Waals surface area (Å²) in [5.74, 6) is -0.548. The highest BCUT2D eigenvalue weighted by Crippen LogP contribution is 2.13. The minimum Gasteiger partial charge on any atom is -0.350 e. The van der Waals surface area contributed by atoms with E-state index >= 15 is 0 Å². The van der Waals surface area contributed by atoms with E-state index < -0.39 is 0 Å². The van der Waals surface area contributed by atoms with Gasteiger partial charge in [0.25, 0.3) is 0 Å². The van der Waals surface area contributed by atoms with Crippen LogP contribution in [-0.4, -0.2) is 42.9 Å². The number of nitrogens with two attached hydrogens (primary N) is 1. The van der Waals surface area contributed by atoms with Crippen molar-refractivity contribution < 1.29 is 9.59 Å². The first-order valence-corrected chi connectivity index (χ1v) is 8.71. The van der Waals surface area contributed by atoms with E-state index in [9.17, 15) is 9.59 Å². The van der Waals surface area contributed by atoms with Gasteiger partial charge in [-0.25, -0.2) is 0 Å². The number of carbonyl (C=O) groups excluding carboxylic acids is 2. The molecule has 148 valence electrons. The van der Waals surface area contributed by atoms with Crippen LogP contribution < -0.4 is 16.4 Å². The van der Waals surface area contributed by atoms with Gasteiger partial charge in [0, 0.05) is 13.1 Å². The molecule has 1 aliphatic rings. The predicted molar refractivity (Wildman–Crippen MR) is 109 cm³/mol. The monoisotopic (exact) mass is 404 g/mol. The number of amides is 2. The van der Waals surface area contributed by atoms with Crippen LogP contribution in [0, 0.1) is 0 Å². The number of rotatable bonds is 7. The van der Waals surface area contributed by atoms with E-state index in [1.807, 2.05) is 12.1 Å². The summed E-state index contributed by atoms with van der Waals surface area (Å²) in [5, 5.41) is 5.23. The molecule has 0 unspecified atom stereocenters. The van der Waals surface area contributed by atoms with E-state index in [0.717, 1.165) is 12.1 Å². The lowest BCUT2D eigenvalue weighted by molar-refractivity contribution is -0.125. The molecule has 0 radical (unpaired) electrons.